The summed E-state index contributed by atoms with van der Waals surface area (Å²) in [5.74, 6) is 0.268. The number of hydrogen-bond donors (Lipinski definition) is 2. The van der Waals surface area contributed by atoms with Crippen LogP contribution in [0.15, 0.2) is 73.6 Å². The summed E-state index contributed by atoms with van der Waals surface area (Å²) in [6.45, 7) is 0. The average Bonchev–Trinajstić information content (AvgIpc) is 3.34. The fraction of sp³-hybridized carbons (Fsp3) is 0. The van der Waals surface area contributed by atoms with Gasteiger partial charge in [0.2, 0.25) is 0 Å². The lowest BCUT2D eigenvalue weighted by Gasteiger charge is -2.05. The number of anilines is 1. The standard InChI is InChI=1S/C20H14N6O/c27-20(13-5-7-21-8-6-13)25-17-3-2-15-16(11-23-19(15)24-17)14-1-4-18-22-9-10-26(18)12-14/h1-12H,(H2,23,24,25,27). The largest absolute Gasteiger partial charge is 0.345 e. The van der Waals surface area contributed by atoms with Gasteiger partial charge in [0.1, 0.15) is 17.1 Å². The van der Waals surface area contributed by atoms with Crippen LogP contribution in [0.5, 0.6) is 0 Å². The Morgan fingerprint density at radius 1 is 1.04 bits per heavy atom. The van der Waals surface area contributed by atoms with Gasteiger partial charge in [-0.2, -0.15) is 0 Å². The van der Waals surface area contributed by atoms with Crippen LogP contribution in [0.2, 0.25) is 0 Å². The molecule has 27 heavy (non-hydrogen) atoms. The van der Waals surface area contributed by atoms with Crippen LogP contribution in [0, 0.1) is 0 Å². The Labute approximate surface area is 153 Å². The van der Waals surface area contributed by atoms with E-state index in [2.05, 4.69) is 25.3 Å². The number of hydrogen-bond acceptors (Lipinski definition) is 4. The highest BCUT2D eigenvalue weighted by atomic mass is 16.1. The van der Waals surface area contributed by atoms with Gasteiger partial charge in [-0.1, -0.05) is 0 Å². The van der Waals surface area contributed by atoms with Gasteiger partial charge >= 0.3 is 0 Å². The number of nitrogens with zero attached hydrogens (tertiary/aromatic N) is 4. The van der Waals surface area contributed by atoms with Crippen molar-refractivity contribution in [1.29, 1.82) is 0 Å². The molecule has 0 aliphatic heterocycles. The summed E-state index contributed by atoms with van der Waals surface area (Å²) in [5, 5.41) is 3.79. The van der Waals surface area contributed by atoms with Crippen molar-refractivity contribution in [2.24, 2.45) is 0 Å². The Hall–Kier alpha value is -4.00. The minimum Gasteiger partial charge on any atom is -0.345 e. The monoisotopic (exact) mass is 354 g/mol. The molecule has 0 atom stereocenters. The molecule has 5 rings (SSSR count). The van der Waals surface area contributed by atoms with Crippen molar-refractivity contribution < 1.29 is 4.79 Å². The lowest BCUT2D eigenvalue weighted by atomic mass is 10.1. The molecule has 0 aliphatic rings. The highest BCUT2D eigenvalue weighted by molar-refractivity contribution is 6.04. The van der Waals surface area contributed by atoms with Crippen molar-refractivity contribution in [1.82, 2.24) is 24.3 Å². The predicted molar refractivity (Wildman–Crippen MR) is 102 cm³/mol. The van der Waals surface area contributed by atoms with Crippen LogP contribution in [0.25, 0.3) is 27.8 Å². The van der Waals surface area contributed by atoms with Crippen LogP contribution in [0.1, 0.15) is 10.4 Å². The minimum atomic E-state index is -0.221. The van der Waals surface area contributed by atoms with Gasteiger partial charge in [-0.15, -0.1) is 0 Å². The molecule has 2 N–H and O–H groups in total. The Bertz CT molecular complexity index is 1270. The number of rotatable bonds is 3. The molecule has 0 saturated carbocycles. The van der Waals surface area contributed by atoms with E-state index in [4.69, 9.17) is 0 Å². The molecular weight excluding hydrogens is 340 g/mol. The molecule has 0 bridgehead atoms. The van der Waals surface area contributed by atoms with Crippen LogP contribution < -0.4 is 5.32 Å². The topological polar surface area (TPSA) is 88.0 Å². The lowest BCUT2D eigenvalue weighted by molar-refractivity contribution is 0.102. The van der Waals surface area contributed by atoms with E-state index in [0.29, 0.717) is 17.0 Å². The number of carbonyl (C=O) groups is 1. The third-order valence-electron chi connectivity index (χ3n) is 4.42. The number of carbonyl (C=O) groups excluding carboxylic acids is 1. The quantitative estimate of drug-likeness (QED) is 0.519. The third kappa shape index (κ3) is 2.71. The zero-order valence-electron chi connectivity index (χ0n) is 14.1. The van der Waals surface area contributed by atoms with Gasteiger partial charge < -0.3 is 14.7 Å². The van der Waals surface area contributed by atoms with Crippen LogP contribution >= 0.6 is 0 Å². The summed E-state index contributed by atoms with van der Waals surface area (Å²) < 4.78 is 1.98. The molecular formula is C20H14N6O. The van der Waals surface area contributed by atoms with Crippen molar-refractivity contribution in [3.8, 4) is 11.1 Å². The number of aromatic amines is 1. The summed E-state index contributed by atoms with van der Waals surface area (Å²) in [7, 11) is 0. The molecule has 0 spiro atoms. The molecule has 1 amide bonds. The van der Waals surface area contributed by atoms with E-state index in [-0.39, 0.29) is 5.91 Å². The highest BCUT2D eigenvalue weighted by Gasteiger charge is 2.11. The van der Waals surface area contributed by atoms with Gasteiger partial charge in [-0.05, 0) is 36.4 Å². The van der Waals surface area contributed by atoms with E-state index in [1.807, 2.05) is 41.2 Å². The van der Waals surface area contributed by atoms with E-state index >= 15 is 0 Å². The first kappa shape index (κ1) is 15.3. The molecule has 5 aromatic heterocycles. The molecule has 0 unspecified atom stereocenters. The van der Waals surface area contributed by atoms with Crippen molar-refractivity contribution >= 4 is 28.4 Å². The van der Waals surface area contributed by atoms with Crippen LogP contribution in [-0.2, 0) is 0 Å². The number of amides is 1. The highest BCUT2D eigenvalue weighted by Crippen LogP contribution is 2.28. The van der Waals surface area contributed by atoms with Crippen LogP contribution in [0.3, 0.4) is 0 Å². The van der Waals surface area contributed by atoms with Gasteiger partial charge in [-0.3, -0.25) is 9.78 Å². The zero-order valence-corrected chi connectivity index (χ0v) is 14.1. The summed E-state index contributed by atoms with van der Waals surface area (Å²) in [6.07, 6.45) is 10.8. The fourth-order valence-electron chi connectivity index (χ4n) is 3.08. The van der Waals surface area contributed by atoms with E-state index in [1.165, 1.54) is 0 Å². The smallest absolute Gasteiger partial charge is 0.256 e. The van der Waals surface area contributed by atoms with Crippen molar-refractivity contribution in [2.75, 3.05) is 5.32 Å². The Balaban J connectivity index is 1.48. The first-order chi connectivity index (χ1) is 13.3. The molecule has 5 heterocycles. The molecule has 7 heteroatoms. The molecule has 0 aromatic carbocycles. The third-order valence-corrected chi connectivity index (χ3v) is 4.42. The summed E-state index contributed by atoms with van der Waals surface area (Å²) in [4.78, 5) is 28.2. The molecule has 7 nitrogen and oxygen atoms in total. The Morgan fingerprint density at radius 3 is 2.81 bits per heavy atom. The average molecular weight is 354 g/mol. The van der Waals surface area contributed by atoms with E-state index in [9.17, 15) is 4.79 Å². The summed E-state index contributed by atoms with van der Waals surface area (Å²) in [6, 6.07) is 11.1. The number of fused-ring (bicyclic) bond motifs is 2. The SMILES string of the molecule is O=C(Nc1ccc2c(-c3ccc4nccn4c3)c[nH]c2n1)c1ccncc1. The summed E-state index contributed by atoms with van der Waals surface area (Å²) in [5.41, 5.74) is 4.25. The van der Waals surface area contributed by atoms with Gasteiger partial charge in [0, 0.05) is 59.3 Å². The van der Waals surface area contributed by atoms with Gasteiger partial charge in [0.05, 0.1) is 0 Å². The number of H-pyrrole nitrogens is 1. The second kappa shape index (κ2) is 6.06. The van der Waals surface area contributed by atoms with Crippen molar-refractivity contribution in [3.05, 3.63) is 79.1 Å². The van der Waals surface area contributed by atoms with Crippen molar-refractivity contribution in [3.63, 3.8) is 0 Å². The first-order valence-electron chi connectivity index (χ1n) is 8.40. The molecule has 130 valence electrons. The Morgan fingerprint density at radius 2 is 1.93 bits per heavy atom. The number of imidazole rings is 1. The Kier molecular flexibility index (Phi) is 3.43. The van der Waals surface area contributed by atoms with E-state index in [1.54, 1.807) is 36.8 Å². The van der Waals surface area contributed by atoms with Crippen molar-refractivity contribution in [2.45, 2.75) is 0 Å². The lowest BCUT2D eigenvalue weighted by Crippen LogP contribution is -2.12. The van der Waals surface area contributed by atoms with Crippen LogP contribution in [-0.4, -0.2) is 30.2 Å². The van der Waals surface area contributed by atoms with Gasteiger partial charge in [0.25, 0.3) is 5.91 Å². The maximum absolute atomic E-state index is 12.3. The van der Waals surface area contributed by atoms with Gasteiger partial charge in [-0.25, -0.2) is 9.97 Å². The molecule has 0 radical (unpaired) electrons. The molecule has 0 aliphatic carbocycles. The van der Waals surface area contributed by atoms with Crippen LogP contribution in [0.4, 0.5) is 5.82 Å². The number of nitrogens with one attached hydrogen (secondary N) is 2. The molecule has 0 fully saturated rings. The van der Waals surface area contributed by atoms with Gasteiger partial charge in [0.15, 0.2) is 0 Å². The summed E-state index contributed by atoms with van der Waals surface area (Å²) >= 11 is 0. The number of aromatic nitrogens is 5. The molecule has 5 aromatic rings. The second-order valence-corrected chi connectivity index (χ2v) is 6.10. The predicted octanol–water partition coefficient (Wildman–Crippen LogP) is 3.52. The maximum Gasteiger partial charge on any atom is 0.256 e. The number of pyridine rings is 3. The normalized spacial score (nSPS) is 11.1. The maximum atomic E-state index is 12.3. The van der Waals surface area contributed by atoms with E-state index in [0.717, 1.165) is 22.2 Å². The second-order valence-electron chi connectivity index (χ2n) is 6.10. The zero-order chi connectivity index (χ0) is 18.2. The minimum absolute atomic E-state index is 0.221. The first-order valence-corrected chi connectivity index (χ1v) is 8.40. The van der Waals surface area contributed by atoms with E-state index < -0.39 is 0 Å². The fourth-order valence-corrected chi connectivity index (χ4v) is 3.08. The molecule has 0 saturated heterocycles.